The van der Waals surface area contributed by atoms with Crippen LogP contribution in [0.3, 0.4) is 0 Å². The highest BCUT2D eigenvalue weighted by molar-refractivity contribution is 6.12. The third-order valence-corrected chi connectivity index (χ3v) is 25.3. The number of benzene rings is 18. The maximum atomic E-state index is 15.7. The molecule has 0 saturated carbocycles. The molecule has 2 aliphatic rings. The van der Waals surface area contributed by atoms with E-state index in [9.17, 15) is 0 Å². The van der Waals surface area contributed by atoms with Crippen LogP contribution in [0.2, 0.25) is 0 Å². The van der Waals surface area contributed by atoms with Crippen LogP contribution in [-0.2, 0) is 0 Å². The standard InChI is InChI=1S/C115H77N9O2/c1-76-27-20-21-64-116(104-45-9-2-38-97(76)104)91-32-22-28-79(71-91)85-65-83(66-86(69-85)80-29-23-33-92(72-80)117-105-46-10-3-39-98(105)99-40-4-11-47-106(99)117)77-56-60-89(61-57-77)120-111-52-16-17-53-112(111)121(115(120)125)95-36-26-37-96(75-95)123-114-55-19-18-54-113(114)122(124(123)126)90-62-58-78(59-63-90)84-67-87(81-30-24-34-93(73-81)118-107-48-12-5-41-100(107)101-42-6-13-49-108(101)118)70-88(68-84)82-31-25-35-94(74-82)119-109-50-14-7-43-102(109)103-44-8-15-51-110(103)119/h2-75,124H,1H2. The van der Waals surface area contributed by atoms with Crippen LogP contribution in [0.1, 0.15) is 5.56 Å². The molecule has 1 unspecified atom stereocenters. The minimum Gasteiger partial charge on any atom is -0.581 e. The first-order chi connectivity index (χ1) is 62.2. The van der Waals surface area contributed by atoms with E-state index in [1.165, 1.54) is 32.3 Å². The molecule has 24 rings (SSSR count). The molecule has 0 spiro atoms. The molecule has 0 amide bonds. The van der Waals surface area contributed by atoms with Gasteiger partial charge in [-0.2, -0.15) is 15.3 Å². The zero-order valence-corrected chi connectivity index (χ0v) is 68.3. The van der Waals surface area contributed by atoms with Crippen LogP contribution in [0, 0.1) is 5.21 Å². The quantitative estimate of drug-likeness (QED) is 0.110. The minimum atomic E-state index is -0.250. The third kappa shape index (κ3) is 12.2. The van der Waals surface area contributed by atoms with Crippen LogP contribution in [0.5, 0.6) is 0 Å². The summed E-state index contributed by atoms with van der Waals surface area (Å²) in [4.78, 5) is 17.9. The van der Waals surface area contributed by atoms with Crippen LogP contribution in [-0.4, -0.2) is 22.8 Å². The van der Waals surface area contributed by atoms with Gasteiger partial charge in [0.2, 0.25) is 0 Å². The van der Waals surface area contributed by atoms with Gasteiger partial charge in [-0.15, -0.1) is 0 Å². The molecule has 11 nitrogen and oxygen atoms in total. The normalized spacial score (nSPS) is 13.3. The Morgan fingerprint density at radius 2 is 0.524 bits per heavy atom. The molecule has 0 aliphatic carbocycles. The molecule has 6 heterocycles. The lowest BCUT2D eigenvalue weighted by Crippen LogP contribution is -3.18. The fourth-order valence-corrected chi connectivity index (χ4v) is 19.5. The lowest BCUT2D eigenvalue weighted by atomic mass is 9.92. The number of allylic oxidation sites excluding steroid dienone is 4. The van der Waals surface area contributed by atoms with Crippen molar-refractivity contribution in [2.24, 2.45) is 0 Å². The topological polar surface area (TPSA) is 78.9 Å². The van der Waals surface area contributed by atoms with E-state index in [-0.39, 0.29) is 11.0 Å². The lowest BCUT2D eigenvalue weighted by Gasteiger charge is -2.33. The van der Waals surface area contributed by atoms with Crippen LogP contribution < -0.4 is 25.9 Å². The fourth-order valence-electron chi connectivity index (χ4n) is 19.5. The van der Waals surface area contributed by atoms with Gasteiger partial charge in [0.1, 0.15) is 11.4 Å². The van der Waals surface area contributed by atoms with E-state index in [2.05, 4.69) is 383 Å². The smallest absolute Gasteiger partial charge is 0.338 e. The first-order valence-electron chi connectivity index (χ1n) is 42.6. The van der Waals surface area contributed by atoms with E-state index >= 15 is 10.0 Å². The number of para-hydroxylation sites is 11. The summed E-state index contributed by atoms with van der Waals surface area (Å²) in [5, 5.41) is 26.3. The molecule has 4 aromatic heterocycles. The van der Waals surface area contributed by atoms with E-state index in [0.717, 1.165) is 162 Å². The summed E-state index contributed by atoms with van der Waals surface area (Å²) >= 11 is 0. The van der Waals surface area contributed by atoms with Gasteiger partial charge < -0.3 is 23.8 Å². The van der Waals surface area contributed by atoms with Gasteiger partial charge >= 0.3 is 5.69 Å². The Hall–Kier alpha value is -16.8. The second-order valence-electron chi connectivity index (χ2n) is 32.5. The Bertz CT molecular complexity index is 8000. The van der Waals surface area contributed by atoms with E-state index in [1.807, 2.05) is 91.0 Å². The van der Waals surface area contributed by atoms with E-state index in [4.69, 9.17) is 0 Å². The molecule has 1 N–H and O–H groups in total. The Labute approximate surface area is 726 Å². The first-order valence-corrected chi connectivity index (χ1v) is 42.6. The summed E-state index contributed by atoms with van der Waals surface area (Å²) in [5.41, 5.74) is 32.0. The Kier molecular flexibility index (Phi) is 17.3. The summed E-state index contributed by atoms with van der Waals surface area (Å²) in [5.74, 6) is 0. The van der Waals surface area contributed by atoms with Gasteiger partial charge in [0.25, 0.3) is 0 Å². The van der Waals surface area contributed by atoms with Gasteiger partial charge in [0.05, 0.1) is 72.6 Å². The second kappa shape index (κ2) is 29.8. The molecule has 0 bridgehead atoms. The van der Waals surface area contributed by atoms with Gasteiger partial charge in [-0.1, -0.05) is 249 Å². The number of imidazole rings is 1. The average molecular weight is 1620 g/mol. The molecular weight excluding hydrogens is 1540 g/mol. The lowest BCUT2D eigenvalue weighted by molar-refractivity contribution is -0.848. The summed E-state index contributed by atoms with van der Waals surface area (Å²) < 4.78 is 10.7. The number of quaternary nitrogens is 1. The van der Waals surface area contributed by atoms with E-state index < -0.39 is 0 Å². The molecular formula is C115H77N9O2. The van der Waals surface area contributed by atoms with Crippen molar-refractivity contribution in [3.8, 4) is 95.2 Å². The molecule has 11 heteroatoms. The van der Waals surface area contributed by atoms with E-state index in [1.54, 1.807) is 19.2 Å². The number of rotatable bonds is 14. The summed E-state index contributed by atoms with van der Waals surface area (Å²) in [7, 11) is 0. The van der Waals surface area contributed by atoms with Crippen molar-refractivity contribution in [1.82, 2.24) is 22.8 Å². The number of aromatic nitrogens is 5. The minimum absolute atomic E-state index is 0.248. The monoisotopic (exact) mass is 1620 g/mol. The van der Waals surface area contributed by atoms with Crippen LogP contribution in [0.15, 0.2) is 460 Å². The molecule has 0 fully saturated rings. The van der Waals surface area contributed by atoms with Gasteiger partial charge in [-0.05, 0) is 273 Å². The van der Waals surface area contributed by atoms with Crippen molar-refractivity contribution in [2.75, 3.05) is 14.9 Å². The summed E-state index contributed by atoms with van der Waals surface area (Å²) in [6, 6.07) is 150. The number of hydrogen-bond acceptors (Lipinski definition) is 5. The van der Waals surface area contributed by atoms with Crippen molar-refractivity contribution >= 4 is 116 Å². The summed E-state index contributed by atoms with van der Waals surface area (Å²) in [6.45, 7) is 4.43. The largest absolute Gasteiger partial charge is 0.581 e. The molecule has 594 valence electrons. The fraction of sp³-hybridized carbons (Fsp3) is 0. The Morgan fingerprint density at radius 3 is 0.937 bits per heavy atom. The average Bonchev–Trinajstić information content (AvgIpc) is 1.61. The number of fused-ring (bicyclic) bond motifs is 12. The van der Waals surface area contributed by atoms with Gasteiger partial charge in [-0.25, -0.2) is 4.79 Å². The van der Waals surface area contributed by atoms with Crippen LogP contribution >= 0.6 is 0 Å². The van der Waals surface area contributed by atoms with Crippen molar-refractivity contribution in [2.45, 2.75) is 0 Å². The van der Waals surface area contributed by atoms with Crippen LogP contribution in [0.25, 0.3) is 177 Å². The molecule has 2 aliphatic heterocycles. The highest BCUT2D eigenvalue weighted by Gasteiger charge is 2.37. The molecule has 0 radical (unpaired) electrons. The zero-order valence-electron chi connectivity index (χ0n) is 68.3. The van der Waals surface area contributed by atoms with Gasteiger partial charge in [0, 0.05) is 66.8 Å². The van der Waals surface area contributed by atoms with Crippen LogP contribution in [0.4, 0.5) is 34.1 Å². The molecule has 1 atom stereocenters. The molecule has 126 heavy (non-hydrogen) atoms. The Morgan fingerprint density at radius 1 is 0.222 bits per heavy atom. The van der Waals surface area contributed by atoms with Crippen molar-refractivity contribution in [3.63, 3.8) is 0 Å². The number of nitrogens with zero attached hydrogens (tertiary/aromatic N) is 8. The number of nitrogens with one attached hydrogen (secondary N) is 1. The highest BCUT2D eigenvalue weighted by Crippen LogP contribution is 2.46. The molecule has 22 aromatic rings. The van der Waals surface area contributed by atoms with Gasteiger partial charge in [0.15, 0.2) is 0 Å². The molecule has 0 saturated heterocycles. The highest BCUT2D eigenvalue weighted by atomic mass is 16.6. The maximum absolute atomic E-state index is 15.7. The van der Waals surface area contributed by atoms with Gasteiger partial charge in [-0.3, -0.25) is 9.13 Å². The van der Waals surface area contributed by atoms with Crippen molar-refractivity contribution in [3.05, 3.63) is 477 Å². The van der Waals surface area contributed by atoms with E-state index in [0.29, 0.717) is 22.7 Å². The first kappa shape index (κ1) is 73.1. The maximum Gasteiger partial charge on any atom is 0.338 e. The Balaban J connectivity index is 0.564. The predicted molar refractivity (Wildman–Crippen MR) is 522 cm³/mol. The zero-order chi connectivity index (χ0) is 83.6. The summed E-state index contributed by atoms with van der Waals surface area (Å²) in [6.07, 6.45) is 8.28. The number of anilines is 6. The third-order valence-electron chi connectivity index (χ3n) is 25.3. The second-order valence-corrected chi connectivity index (χ2v) is 32.5. The number of hydrogen-bond donors (Lipinski definition) is 1. The van der Waals surface area contributed by atoms with Crippen molar-refractivity contribution in [1.29, 1.82) is 0 Å². The SMILES string of the molecule is C=C1C=CC=CN(c2cccc(-c3cc(-c4ccc(-n5c(=O)n(-c6cccc(N7c8ccccc8N(c8ccc(-c9cc(-c%10cccc(-n%11c%12ccccc%12c%12ccccc%12%11)c%10)cc(-c%10cccc(-n%11c%12ccccc%12c%12ccccc%12%11)c%10)c9)cc8)[NH+]7[O-])c6)c6ccccc65)cc4)cc(-c4cccc(-n5c6ccccc6c6ccccc65)c4)c3)c2)c2ccccc21. The van der Waals surface area contributed by atoms with Crippen molar-refractivity contribution < 1.29 is 5.28 Å². The molecule has 18 aromatic carbocycles. The predicted octanol–water partition coefficient (Wildman–Crippen LogP) is 27.8.